The molecule has 0 atom stereocenters. The van der Waals surface area contributed by atoms with Crippen molar-refractivity contribution in [2.75, 3.05) is 0 Å². The molecule has 0 aliphatic heterocycles. The number of hydrogen-bond donors (Lipinski definition) is 0. The number of ketones is 1. The van der Waals surface area contributed by atoms with E-state index in [4.69, 9.17) is 8.83 Å². The molecule has 16 heavy (non-hydrogen) atoms. The van der Waals surface area contributed by atoms with E-state index in [9.17, 15) is 4.79 Å². The van der Waals surface area contributed by atoms with Gasteiger partial charge in [0.25, 0.3) is 5.78 Å². The third-order valence-corrected chi connectivity index (χ3v) is 2.78. The Morgan fingerprint density at radius 2 is 1.25 bits per heavy atom. The molecule has 0 saturated carbocycles. The summed E-state index contributed by atoms with van der Waals surface area (Å²) in [4.78, 5) is 12.0. The van der Waals surface area contributed by atoms with Crippen LogP contribution in [0.5, 0.6) is 0 Å². The lowest BCUT2D eigenvalue weighted by Gasteiger charge is -1.91. The van der Waals surface area contributed by atoms with Gasteiger partial charge in [0.1, 0.15) is 11.5 Å². The van der Waals surface area contributed by atoms with Crippen LogP contribution in [0.2, 0.25) is 0 Å². The van der Waals surface area contributed by atoms with Gasteiger partial charge in [-0.3, -0.25) is 4.79 Å². The van der Waals surface area contributed by atoms with Gasteiger partial charge in [-0.25, -0.2) is 0 Å². The van der Waals surface area contributed by atoms with Crippen LogP contribution in [0, 0.1) is 27.7 Å². The molecule has 0 saturated heterocycles. The molecular formula is C13H14O3. The highest BCUT2D eigenvalue weighted by molar-refractivity contribution is 6.05. The van der Waals surface area contributed by atoms with Gasteiger partial charge in [-0.05, 0) is 51.0 Å². The van der Waals surface area contributed by atoms with Crippen LogP contribution in [-0.2, 0) is 0 Å². The van der Waals surface area contributed by atoms with Crippen molar-refractivity contribution < 1.29 is 13.6 Å². The average molecular weight is 218 g/mol. The molecule has 0 fully saturated rings. The molecular weight excluding hydrogens is 204 g/mol. The number of aryl methyl sites for hydroxylation is 4. The molecule has 0 spiro atoms. The molecule has 0 bridgehead atoms. The minimum atomic E-state index is -0.201. The van der Waals surface area contributed by atoms with Crippen molar-refractivity contribution in [3.8, 4) is 0 Å². The Balaban J connectivity index is 2.38. The molecule has 84 valence electrons. The fourth-order valence-electron chi connectivity index (χ4n) is 1.49. The van der Waals surface area contributed by atoms with E-state index in [1.165, 1.54) is 0 Å². The molecule has 2 rings (SSSR count). The Morgan fingerprint density at radius 3 is 1.50 bits per heavy atom. The number of carbonyl (C=O) groups is 1. The van der Waals surface area contributed by atoms with Crippen molar-refractivity contribution in [2.24, 2.45) is 0 Å². The van der Waals surface area contributed by atoms with Crippen LogP contribution in [0.1, 0.15) is 39.0 Å². The topological polar surface area (TPSA) is 43.4 Å². The molecule has 2 aromatic rings. The first kappa shape index (κ1) is 10.7. The van der Waals surface area contributed by atoms with Crippen molar-refractivity contribution in [1.29, 1.82) is 0 Å². The van der Waals surface area contributed by atoms with Gasteiger partial charge in [0.05, 0.1) is 0 Å². The normalized spacial score (nSPS) is 10.8. The predicted molar refractivity (Wildman–Crippen MR) is 59.8 cm³/mol. The lowest BCUT2D eigenvalue weighted by Crippen LogP contribution is -1.97. The molecule has 0 amide bonds. The van der Waals surface area contributed by atoms with Crippen molar-refractivity contribution >= 4 is 5.78 Å². The Labute approximate surface area is 94.1 Å². The van der Waals surface area contributed by atoms with Gasteiger partial charge >= 0.3 is 0 Å². The lowest BCUT2D eigenvalue weighted by molar-refractivity contribution is 0.0980. The summed E-state index contributed by atoms with van der Waals surface area (Å²) in [5.74, 6) is 2.01. The highest BCUT2D eigenvalue weighted by Crippen LogP contribution is 2.20. The van der Waals surface area contributed by atoms with Crippen molar-refractivity contribution in [2.45, 2.75) is 27.7 Å². The summed E-state index contributed by atoms with van der Waals surface area (Å²) in [6.45, 7) is 7.50. The number of hydrogen-bond acceptors (Lipinski definition) is 3. The maximum Gasteiger partial charge on any atom is 0.263 e. The Hall–Kier alpha value is -1.77. The Morgan fingerprint density at radius 1 is 0.875 bits per heavy atom. The summed E-state index contributed by atoms with van der Waals surface area (Å²) in [5.41, 5.74) is 1.95. The quantitative estimate of drug-likeness (QED) is 0.726. The smallest absolute Gasteiger partial charge is 0.263 e. The van der Waals surface area contributed by atoms with Gasteiger partial charge in [-0.2, -0.15) is 0 Å². The predicted octanol–water partition coefficient (Wildman–Crippen LogP) is 3.34. The van der Waals surface area contributed by atoms with E-state index >= 15 is 0 Å². The van der Waals surface area contributed by atoms with E-state index in [0.29, 0.717) is 11.5 Å². The van der Waals surface area contributed by atoms with Crippen molar-refractivity contribution in [3.05, 3.63) is 46.3 Å². The van der Waals surface area contributed by atoms with E-state index in [2.05, 4.69) is 0 Å². The summed E-state index contributed by atoms with van der Waals surface area (Å²) >= 11 is 0. The summed E-state index contributed by atoms with van der Waals surface area (Å²) in [7, 11) is 0. The number of furan rings is 2. The summed E-state index contributed by atoms with van der Waals surface area (Å²) in [6.07, 6.45) is 0. The first-order valence-electron chi connectivity index (χ1n) is 5.18. The standard InChI is InChI=1S/C13H14O3/c1-7-5-11(15-9(7)3)13(14)12-6-8(2)10(4)16-12/h5-6H,1-4H3. The van der Waals surface area contributed by atoms with Crippen LogP contribution < -0.4 is 0 Å². The van der Waals surface area contributed by atoms with E-state index < -0.39 is 0 Å². The zero-order chi connectivity index (χ0) is 11.9. The maximum atomic E-state index is 12.0. The second kappa shape index (κ2) is 3.67. The first-order chi connectivity index (χ1) is 7.49. The van der Waals surface area contributed by atoms with Gasteiger partial charge < -0.3 is 8.83 Å². The van der Waals surface area contributed by atoms with Gasteiger partial charge in [0.2, 0.25) is 0 Å². The monoisotopic (exact) mass is 218 g/mol. The first-order valence-corrected chi connectivity index (χ1v) is 5.18. The molecule has 3 nitrogen and oxygen atoms in total. The molecule has 3 heteroatoms. The fraction of sp³-hybridized carbons (Fsp3) is 0.308. The van der Waals surface area contributed by atoms with Crippen LogP contribution in [-0.4, -0.2) is 5.78 Å². The largest absolute Gasteiger partial charge is 0.457 e. The van der Waals surface area contributed by atoms with E-state index in [0.717, 1.165) is 22.6 Å². The zero-order valence-corrected chi connectivity index (χ0v) is 9.88. The van der Waals surface area contributed by atoms with Gasteiger partial charge in [0, 0.05) is 0 Å². The minimum absolute atomic E-state index is 0.201. The molecule has 0 aromatic carbocycles. The second-order valence-electron chi connectivity index (χ2n) is 4.03. The average Bonchev–Trinajstić information content (AvgIpc) is 2.72. The van der Waals surface area contributed by atoms with Crippen LogP contribution >= 0.6 is 0 Å². The van der Waals surface area contributed by atoms with Crippen molar-refractivity contribution in [3.63, 3.8) is 0 Å². The van der Waals surface area contributed by atoms with Crippen molar-refractivity contribution in [1.82, 2.24) is 0 Å². The zero-order valence-electron chi connectivity index (χ0n) is 9.88. The molecule has 2 aromatic heterocycles. The van der Waals surface area contributed by atoms with Crippen LogP contribution in [0.15, 0.2) is 21.0 Å². The SMILES string of the molecule is Cc1cc(C(=O)c2cc(C)c(C)o2)oc1C. The van der Waals surface area contributed by atoms with Crippen LogP contribution in [0.25, 0.3) is 0 Å². The van der Waals surface area contributed by atoms with Gasteiger partial charge in [-0.1, -0.05) is 0 Å². The van der Waals surface area contributed by atoms with E-state index in [1.54, 1.807) is 12.1 Å². The molecule has 0 radical (unpaired) electrons. The molecule has 0 aliphatic rings. The van der Waals surface area contributed by atoms with E-state index in [1.807, 2.05) is 27.7 Å². The van der Waals surface area contributed by atoms with Crippen LogP contribution in [0.3, 0.4) is 0 Å². The summed E-state index contributed by atoms with van der Waals surface area (Å²) in [5, 5.41) is 0. The minimum Gasteiger partial charge on any atom is -0.457 e. The Bertz CT molecular complexity index is 456. The molecule has 0 N–H and O–H groups in total. The fourth-order valence-corrected chi connectivity index (χ4v) is 1.49. The van der Waals surface area contributed by atoms with Gasteiger partial charge in [-0.15, -0.1) is 0 Å². The molecule has 2 heterocycles. The number of rotatable bonds is 2. The molecule has 0 unspecified atom stereocenters. The lowest BCUT2D eigenvalue weighted by atomic mass is 10.2. The molecule has 0 aliphatic carbocycles. The van der Waals surface area contributed by atoms with Gasteiger partial charge in [0.15, 0.2) is 11.5 Å². The third kappa shape index (κ3) is 1.69. The summed E-state index contributed by atoms with van der Waals surface area (Å²) in [6, 6.07) is 3.48. The third-order valence-electron chi connectivity index (χ3n) is 2.78. The highest BCUT2D eigenvalue weighted by Gasteiger charge is 2.19. The number of carbonyl (C=O) groups excluding carboxylic acids is 1. The summed E-state index contributed by atoms with van der Waals surface area (Å²) < 4.78 is 10.7. The highest BCUT2D eigenvalue weighted by atomic mass is 16.4. The Kier molecular flexibility index (Phi) is 2.46. The van der Waals surface area contributed by atoms with E-state index in [-0.39, 0.29) is 5.78 Å². The second-order valence-corrected chi connectivity index (χ2v) is 4.03. The van der Waals surface area contributed by atoms with Crippen LogP contribution in [0.4, 0.5) is 0 Å². The maximum absolute atomic E-state index is 12.0.